The van der Waals surface area contributed by atoms with E-state index in [1.807, 2.05) is 78.9 Å². The predicted octanol–water partition coefficient (Wildman–Crippen LogP) is 6.17. The summed E-state index contributed by atoms with van der Waals surface area (Å²) in [5, 5.41) is 13.1. The second kappa shape index (κ2) is 14.1. The van der Waals surface area contributed by atoms with Crippen LogP contribution in [-0.2, 0) is 29.7 Å². The van der Waals surface area contributed by atoms with E-state index in [1.165, 1.54) is 9.10 Å². The van der Waals surface area contributed by atoms with Gasteiger partial charge >= 0.3 is 0 Å². The zero-order valence-corrected chi connectivity index (χ0v) is 28.7. The third-order valence-electron chi connectivity index (χ3n) is 6.85. The maximum atomic E-state index is 14.7. The van der Waals surface area contributed by atoms with Crippen LogP contribution in [0.15, 0.2) is 94.3 Å². The second-order valence-corrected chi connectivity index (χ2v) is 13.6. The fourth-order valence-electron chi connectivity index (χ4n) is 4.52. The lowest BCUT2D eigenvalue weighted by molar-refractivity contribution is 0.397. The van der Waals surface area contributed by atoms with Crippen molar-refractivity contribution in [3.63, 3.8) is 0 Å². The van der Waals surface area contributed by atoms with Crippen molar-refractivity contribution >= 4 is 48.5 Å². The summed E-state index contributed by atoms with van der Waals surface area (Å²) in [6, 6.07) is 25.7. The highest BCUT2D eigenvalue weighted by atomic mass is 127. The molecule has 10 nitrogen and oxygen atoms in total. The van der Waals surface area contributed by atoms with Gasteiger partial charge in [0.25, 0.3) is 0 Å². The molecule has 5 rings (SSSR count). The lowest BCUT2D eigenvalue weighted by atomic mass is 10.2. The number of hydrogen-bond acceptors (Lipinski definition) is 8. The minimum Gasteiger partial charge on any atom is -0.497 e. The summed E-state index contributed by atoms with van der Waals surface area (Å²) in [6.45, 7) is 0.589. The summed E-state index contributed by atoms with van der Waals surface area (Å²) < 4.78 is 47.7. The fraction of sp³-hybridized carbons (Fsp3) is 0.194. The molecule has 0 spiro atoms. The van der Waals surface area contributed by atoms with Crippen LogP contribution < -0.4 is 14.2 Å². The van der Waals surface area contributed by atoms with E-state index in [9.17, 15) is 8.42 Å². The van der Waals surface area contributed by atoms with Crippen LogP contribution in [-0.4, -0.2) is 54.3 Å². The molecule has 5 aromatic rings. The maximum Gasteiger partial charge on any atom is 0.245 e. The normalized spacial score (nSPS) is 11.5. The van der Waals surface area contributed by atoms with Crippen LogP contribution in [0.3, 0.4) is 0 Å². The van der Waals surface area contributed by atoms with Gasteiger partial charge in [-0.1, -0.05) is 36.4 Å². The van der Waals surface area contributed by atoms with Crippen molar-refractivity contribution in [3.8, 4) is 28.6 Å². The van der Waals surface area contributed by atoms with Crippen molar-refractivity contribution in [2.75, 3.05) is 21.3 Å². The van der Waals surface area contributed by atoms with E-state index in [2.05, 4.69) is 53.9 Å². The van der Waals surface area contributed by atoms with Gasteiger partial charge in [-0.3, -0.25) is 0 Å². The number of nitrogens with zero attached hydrogens (tertiary/aromatic N) is 5. The molecule has 0 bridgehead atoms. The number of halogens is 2. The zero-order chi connectivity index (χ0) is 31.3. The Morgan fingerprint density at radius 1 is 0.750 bits per heavy atom. The molecule has 228 valence electrons. The average Bonchev–Trinajstić information content (AvgIpc) is 3.50. The summed E-state index contributed by atoms with van der Waals surface area (Å²) in [7, 11) is 0.662. The van der Waals surface area contributed by atoms with E-state index in [1.54, 1.807) is 27.4 Å². The Labute approximate surface area is 278 Å². The molecule has 0 unspecified atom stereocenters. The fourth-order valence-corrected chi connectivity index (χ4v) is 8.01. The van der Waals surface area contributed by atoms with E-state index in [4.69, 9.17) is 14.2 Å². The number of aromatic nitrogens is 4. The second-order valence-electron chi connectivity index (χ2n) is 9.69. The van der Waals surface area contributed by atoms with E-state index in [0.29, 0.717) is 31.7 Å². The van der Waals surface area contributed by atoms with Crippen molar-refractivity contribution in [3.05, 3.63) is 110 Å². The lowest BCUT2D eigenvalue weighted by Gasteiger charge is -2.25. The molecule has 0 radical (unpaired) electrons. The van der Waals surface area contributed by atoms with E-state index in [0.717, 1.165) is 22.4 Å². The van der Waals surface area contributed by atoms with Crippen LogP contribution in [0.5, 0.6) is 17.2 Å². The molecule has 4 aromatic carbocycles. The van der Waals surface area contributed by atoms with Gasteiger partial charge in [0, 0.05) is 21.1 Å². The van der Waals surface area contributed by atoms with Crippen molar-refractivity contribution in [2.24, 2.45) is 0 Å². The van der Waals surface area contributed by atoms with Gasteiger partial charge in [-0.25, -0.2) is 8.42 Å². The Balaban J connectivity index is 1.54. The van der Waals surface area contributed by atoms with Gasteiger partial charge in [0.15, 0.2) is 0 Å². The third-order valence-corrected chi connectivity index (χ3v) is 10.6. The monoisotopic (exact) mass is 789 g/mol. The maximum absolute atomic E-state index is 14.7. The first-order valence-corrected chi connectivity index (χ1v) is 16.7. The summed E-state index contributed by atoms with van der Waals surface area (Å²) in [4.78, 5) is 1.51. The number of sulfonamides is 1. The largest absolute Gasteiger partial charge is 0.497 e. The lowest BCUT2D eigenvalue weighted by Crippen LogP contribution is -2.31. The minimum absolute atomic E-state index is 0.0652. The first-order valence-electron chi connectivity index (χ1n) is 13.4. The first kappa shape index (κ1) is 31.9. The van der Waals surface area contributed by atoms with Crippen LogP contribution >= 0.6 is 38.5 Å². The standard InChI is InChI=1S/C31H29BrIN5O5S/c1-41-24-10-4-21(5-11-24)18-37(19-22-6-12-25(42-2)13-7-22)44(39,40)30-27(32)16-17-28(33)29(30)31-34-36-38(35-31)20-23-8-14-26(43-3)15-9-23/h4-17H,18-20H2,1-3H3. The van der Waals surface area contributed by atoms with Gasteiger partial charge in [-0.15, -0.1) is 10.2 Å². The molecular weight excluding hydrogens is 761 g/mol. The Morgan fingerprint density at radius 3 is 1.70 bits per heavy atom. The SMILES string of the molecule is COc1ccc(CN(Cc2ccc(OC)cc2)S(=O)(=O)c2c(Br)ccc(I)c2-c2nnn(Cc3ccc(OC)cc3)n2)cc1. The van der Waals surface area contributed by atoms with Gasteiger partial charge in [-0.05, 0) is 109 Å². The molecule has 0 atom stereocenters. The number of hydrogen-bond donors (Lipinski definition) is 0. The Morgan fingerprint density at radius 2 is 1.23 bits per heavy atom. The minimum atomic E-state index is -4.13. The van der Waals surface area contributed by atoms with Crippen LogP contribution in [0, 0.1) is 3.57 Å². The topological polar surface area (TPSA) is 109 Å². The van der Waals surface area contributed by atoms with Crippen molar-refractivity contribution < 1.29 is 22.6 Å². The Bertz CT molecular complexity index is 1780. The molecule has 0 amide bonds. The molecule has 44 heavy (non-hydrogen) atoms. The molecule has 0 N–H and O–H groups in total. The Kier molecular flexibility index (Phi) is 10.2. The summed E-state index contributed by atoms with van der Waals surface area (Å²) in [5.74, 6) is 2.32. The number of tetrazole rings is 1. The van der Waals surface area contributed by atoms with E-state index < -0.39 is 10.0 Å². The Hall–Kier alpha value is -3.53. The third kappa shape index (κ3) is 7.22. The van der Waals surface area contributed by atoms with Crippen LogP contribution in [0.1, 0.15) is 16.7 Å². The smallest absolute Gasteiger partial charge is 0.245 e. The average molecular weight is 790 g/mol. The van der Waals surface area contributed by atoms with Gasteiger partial charge in [0.05, 0.1) is 33.4 Å². The van der Waals surface area contributed by atoms with Crippen LogP contribution in [0.4, 0.5) is 0 Å². The molecular formula is C31H29BrIN5O5S. The highest BCUT2D eigenvalue weighted by Gasteiger charge is 2.33. The molecule has 13 heteroatoms. The van der Waals surface area contributed by atoms with Gasteiger partial charge in [-0.2, -0.15) is 9.10 Å². The van der Waals surface area contributed by atoms with Gasteiger partial charge in [0.2, 0.25) is 15.8 Å². The highest BCUT2D eigenvalue weighted by molar-refractivity contribution is 14.1. The number of rotatable bonds is 12. The molecule has 1 aromatic heterocycles. The van der Waals surface area contributed by atoms with E-state index >= 15 is 0 Å². The molecule has 0 saturated carbocycles. The van der Waals surface area contributed by atoms with Crippen molar-refractivity contribution in [2.45, 2.75) is 24.5 Å². The van der Waals surface area contributed by atoms with Gasteiger partial charge < -0.3 is 14.2 Å². The van der Waals surface area contributed by atoms with Crippen molar-refractivity contribution in [1.82, 2.24) is 24.5 Å². The quantitative estimate of drug-likeness (QED) is 0.138. The zero-order valence-electron chi connectivity index (χ0n) is 24.1. The van der Waals surface area contributed by atoms with Crippen molar-refractivity contribution in [1.29, 1.82) is 0 Å². The molecule has 1 heterocycles. The summed E-state index contributed by atoms with van der Waals surface area (Å²) >= 11 is 5.64. The summed E-state index contributed by atoms with van der Waals surface area (Å²) in [5.41, 5.74) is 2.91. The van der Waals surface area contributed by atoms with E-state index in [-0.39, 0.29) is 23.8 Å². The molecule has 0 aliphatic rings. The molecule has 0 aliphatic heterocycles. The van der Waals surface area contributed by atoms with Gasteiger partial charge in [0.1, 0.15) is 22.1 Å². The molecule has 0 saturated heterocycles. The first-order chi connectivity index (χ1) is 21.2. The molecule has 0 fully saturated rings. The summed E-state index contributed by atoms with van der Waals surface area (Å²) in [6.07, 6.45) is 0. The highest BCUT2D eigenvalue weighted by Crippen LogP contribution is 2.38. The number of ether oxygens (including phenoxy) is 3. The van der Waals surface area contributed by atoms with Crippen LogP contribution in [0.25, 0.3) is 11.4 Å². The number of methoxy groups -OCH3 is 3. The number of benzene rings is 4. The molecule has 0 aliphatic carbocycles. The van der Waals surface area contributed by atoms with Crippen LogP contribution in [0.2, 0.25) is 0 Å². The predicted molar refractivity (Wildman–Crippen MR) is 178 cm³/mol.